The highest BCUT2D eigenvalue weighted by atomic mass is 32.1. The zero-order valence-electron chi connectivity index (χ0n) is 8.45. The molecule has 5 heteroatoms. The average Bonchev–Trinajstić information content (AvgIpc) is 2.71. The van der Waals surface area contributed by atoms with Crippen LogP contribution in [0.5, 0.6) is 0 Å². The topological polar surface area (TPSA) is 53.2 Å². The molecule has 0 bridgehead atoms. The van der Waals surface area contributed by atoms with Crippen LogP contribution in [0.2, 0.25) is 0 Å². The molecule has 4 nitrogen and oxygen atoms in total. The fourth-order valence-corrected chi connectivity index (χ4v) is 2.27. The summed E-state index contributed by atoms with van der Waals surface area (Å²) < 4.78 is 0. The van der Waals surface area contributed by atoms with E-state index >= 15 is 0 Å². The monoisotopic (exact) mass is 225 g/mol. The van der Waals surface area contributed by atoms with Gasteiger partial charge in [0.1, 0.15) is 0 Å². The lowest BCUT2D eigenvalue weighted by Gasteiger charge is -2.23. The van der Waals surface area contributed by atoms with E-state index in [9.17, 15) is 4.79 Å². The van der Waals surface area contributed by atoms with Gasteiger partial charge in [-0.3, -0.25) is 5.32 Å². The summed E-state index contributed by atoms with van der Waals surface area (Å²) in [5, 5.41) is 11.8. The molecule has 0 aliphatic carbocycles. The van der Waals surface area contributed by atoms with Crippen LogP contribution in [-0.2, 0) is 0 Å². The quantitative estimate of drug-likeness (QED) is 0.716. The second-order valence-corrected chi connectivity index (χ2v) is 4.57. The van der Waals surface area contributed by atoms with Crippen LogP contribution in [0.1, 0.15) is 12.8 Å². The predicted molar refractivity (Wildman–Crippen MR) is 62.4 cm³/mol. The van der Waals surface area contributed by atoms with Gasteiger partial charge < -0.3 is 10.6 Å². The van der Waals surface area contributed by atoms with Crippen LogP contribution in [-0.4, -0.2) is 25.2 Å². The van der Waals surface area contributed by atoms with E-state index in [0.29, 0.717) is 0 Å². The molecule has 1 fully saturated rings. The van der Waals surface area contributed by atoms with Crippen molar-refractivity contribution >= 4 is 22.4 Å². The van der Waals surface area contributed by atoms with Crippen molar-refractivity contribution in [1.82, 2.24) is 10.6 Å². The molecule has 0 saturated carbocycles. The van der Waals surface area contributed by atoms with Gasteiger partial charge >= 0.3 is 6.03 Å². The molecule has 0 spiro atoms. The van der Waals surface area contributed by atoms with Crippen LogP contribution in [0, 0.1) is 0 Å². The zero-order chi connectivity index (χ0) is 10.5. The van der Waals surface area contributed by atoms with Gasteiger partial charge in [-0.15, -0.1) is 11.3 Å². The van der Waals surface area contributed by atoms with E-state index in [1.165, 1.54) is 11.3 Å². The first kappa shape index (κ1) is 10.4. The van der Waals surface area contributed by atoms with Crippen LogP contribution in [0.3, 0.4) is 0 Å². The molecule has 82 valence electrons. The Balaban J connectivity index is 1.76. The number of carbonyl (C=O) groups excluding carboxylic acids is 1. The Bertz CT molecular complexity index is 306. The Morgan fingerprint density at radius 2 is 2.53 bits per heavy atom. The van der Waals surface area contributed by atoms with Crippen molar-refractivity contribution in [3.8, 4) is 0 Å². The molecule has 1 saturated heterocycles. The zero-order valence-corrected chi connectivity index (χ0v) is 9.27. The average molecular weight is 225 g/mol. The van der Waals surface area contributed by atoms with Gasteiger partial charge in [-0.2, -0.15) is 0 Å². The molecule has 1 aromatic rings. The van der Waals surface area contributed by atoms with Crippen molar-refractivity contribution < 1.29 is 4.79 Å². The number of piperidine rings is 1. The Morgan fingerprint density at radius 3 is 3.20 bits per heavy atom. The maximum atomic E-state index is 11.5. The largest absolute Gasteiger partial charge is 0.334 e. The van der Waals surface area contributed by atoms with Gasteiger partial charge in [0.2, 0.25) is 0 Å². The number of anilines is 1. The number of carbonyl (C=O) groups is 1. The highest BCUT2D eigenvalue weighted by Crippen LogP contribution is 2.14. The van der Waals surface area contributed by atoms with Crippen molar-refractivity contribution in [3.63, 3.8) is 0 Å². The van der Waals surface area contributed by atoms with E-state index < -0.39 is 0 Å². The molecule has 2 heterocycles. The van der Waals surface area contributed by atoms with Crippen LogP contribution < -0.4 is 16.0 Å². The van der Waals surface area contributed by atoms with Crippen molar-refractivity contribution in [3.05, 3.63) is 17.5 Å². The fraction of sp³-hybridized carbons (Fsp3) is 0.500. The summed E-state index contributed by atoms with van der Waals surface area (Å²) >= 11 is 1.53. The summed E-state index contributed by atoms with van der Waals surface area (Å²) in [4.78, 5) is 11.5. The second-order valence-electron chi connectivity index (χ2n) is 3.62. The van der Waals surface area contributed by atoms with Crippen LogP contribution in [0.4, 0.5) is 9.80 Å². The summed E-state index contributed by atoms with van der Waals surface area (Å²) in [6.45, 7) is 1.93. The molecule has 1 atom stereocenters. The van der Waals surface area contributed by atoms with Crippen molar-refractivity contribution in [2.24, 2.45) is 0 Å². The molecule has 15 heavy (non-hydrogen) atoms. The molecule has 0 aromatic carbocycles. The lowest BCUT2D eigenvalue weighted by molar-refractivity contribution is 0.245. The van der Waals surface area contributed by atoms with Gasteiger partial charge in [-0.05, 0) is 36.9 Å². The third-order valence-corrected chi connectivity index (χ3v) is 3.18. The van der Waals surface area contributed by atoms with E-state index in [-0.39, 0.29) is 12.1 Å². The highest BCUT2D eigenvalue weighted by molar-refractivity contribution is 7.14. The van der Waals surface area contributed by atoms with Crippen LogP contribution in [0.15, 0.2) is 17.5 Å². The second kappa shape index (κ2) is 5.14. The van der Waals surface area contributed by atoms with Gasteiger partial charge in [0.05, 0.1) is 5.00 Å². The first-order valence-corrected chi connectivity index (χ1v) is 6.04. The summed E-state index contributed by atoms with van der Waals surface area (Å²) in [6, 6.07) is 3.97. The number of thiophene rings is 1. The van der Waals surface area contributed by atoms with E-state index in [1.54, 1.807) is 0 Å². The number of rotatable bonds is 2. The molecule has 1 unspecified atom stereocenters. The van der Waals surface area contributed by atoms with Crippen molar-refractivity contribution in [1.29, 1.82) is 0 Å². The molecule has 2 amide bonds. The number of hydrogen-bond donors (Lipinski definition) is 3. The molecule has 1 aliphatic heterocycles. The van der Waals surface area contributed by atoms with Crippen molar-refractivity contribution in [2.75, 3.05) is 18.4 Å². The Labute approximate surface area is 93.1 Å². The maximum absolute atomic E-state index is 11.5. The smallest absolute Gasteiger partial charge is 0.320 e. The predicted octanol–water partition coefficient (Wildman–Crippen LogP) is 1.62. The summed E-state index contributed by atoms with van der Waals surface area (Å²) in [6.07, 6.45) is 2.19. The van der Waals surface area contributed by atoms with Crippen molar-refractivity contribution in [2.45, 2.75) is 18.9 Å². The minimum Gasteiger partial charge on any atom is -0.334 e. The molecule has 0 radical (unpaired) electrons. The molecule has 1 aliphatic rings. The summed E-state index contributed by atoms with van der Waals surface area (Å²) in [5.41, 5.74) is 0. The molecule has 1 aromatic heterocycles. The van der Waals surface area contributed by atoms with E-state index in [2.05, 4.69) is 16.0 Å². The van der Waals surface area contributed by atoms with E-state index in [4.69, 9.17) is 0 Å². The first-order chi connectivity index (χ1) is 7.34. The minimum absolute atomic E-state index is 0.105. The third kappa shape index (κ3) is 3.21. The Kier molecular flexibility index (Phi) is 3.58. The normalized spacial score (nSPS) is 20.9. The molecular weight excluding hydrogens is 210 g/mol. The van der Waals surface area contributed by atoms with Gasteiger partial charge in [0.15, 0.2) is 0 Å². The highest BCUT2D eigenvalue weighted by Gasteiger charge is 2.14. The molecular formula is C10H15N3OS. The van der Waals surface area contributed by atoms with Crippen LogP contribution in [0.25, 0.3) is 0 Å². The lowest BCUT2D eigenvalue weighted by atomic mass is 10.1. The van der Waals surface area contributed by atoms with Gasteiger partial charge in [-0.1, -0.05) is 0 Å². The summed E-state index contributed by atoms with van der Waals surface area (Å²) in [7, 11) is 0. The maximum Gasteiger partial charge on any atom is 0.320 e. The van der Waals surface area contributed by atoms with Crippen LogP contribution >= 0.6 is 11.3 Å². The Morgan fingerprint density at radius 1 is 1.60 bits per heavy atom. The van der Waals surface area contributed by atoms with Gasteiger partial charge in [0, 0.05) is 12.6 Å². The fourth-order valence-electron chi connectivity index (χ4n) is 1.66. The number of hydrogen-bond acceptors (Lipinski definition) is 3. The third-order valence-electron chi connectivity index (χ3n) is 2.39. The standard InChI is InChI=1S/C10H15N3OS/c14-10(13-9-4-2-6-15-9)12-8-3-1-5-11-7-8/h2,4,6,8,11H,1,3,5,7H2,(H2,12,13,14). The first-order valence-electron chi connectivity index (χ1n) is 5.16. The number of nitrogens with one attached hydrogen (secondary N) is 3. The van der Waals surface area contributed by atoms with Gasteiger partial charge in [0.25, 0.3) is 0 Å². The van der Waals surface area contributed by atoms with Gasteiger partial charge in [-0.25, -0.2) is 4.79 Å². The molecule has 2 rings (SSSR count). The molecule has 3 N–H and O–H groups in total. The lowest BCUT2D eigenvalue weighted by Crippen LogP contribution is -2.46. The van der Waals surface area contributed by atoms with E-state index in [0.717, 1.165) is 30.9 Å². The minimum atomic E-state index is -0.105. The SMILES string of the molecule is O=C(Nc1cccs1)NC1CCCNC1. The Hall–Kier alpha value is -1.07. The number of amides is 2. The number of urea groups is 1. The summed E-state index contributed by atoms with van der Waals surface area (Å²) in [5.74, 6) is 0. The van der Waals surface area contributed by atoms with E-state index in [1.807, 2.05) is 17.5 Å².